The van der Waals surface area contributed by atoms with Crippen molar-refractivity contribution in [2.75, 3.05) is 18.1 Å². The van der Waals surface area contributed by atoms with Gasteiger partial charge >= 0.3 is 0 Å². The number of pyridine rings is 1. The van der Waals surface area contributed by atoms with Crippen molar-refractivity contribution in [1.82, 2.24) is 4.98 Å². The summed E-state index contributed by atoms with van der Waals surface area (Å²) in [5.74, 6) is 0.860. The number of rotatable bonds is 3. The number of aromatic nitrogens is 1. The molecule has 0 aromatic carbocycles. The van der Waals surface area contributed by atoms with E-state index >= 15 is 0 Å². The van der Waals surface area contributed by atoms with E-state index in [4.69, 9.17) is 4.74 Å². The van der Waals surface area contributed by atoms with Gasteiger partial charge in [-0.15, -0.1) is 0 Å². The number of hydrogen-bond donors (Lipinski definition) is 0. The maximum Gasteiger partial charge on any atom is 0.163 e. The third-order valence-corrected chi connectivity index (χ3v) is 3.38. The summed E-state index contributed by atoms with van der Waals surface area (Å²) in [6.07, 6.45) is 2.91. The third kappa shape index (κ3) is 2.53. The number of hydrogen-bond acceptors (Lipinski definition) is 4. The molecule has 1 aliphatic heterocycles. The molecule has 4 heteroatoms. The molecule has 1 aromatic rings. The lowest BCUT2D eigenvalue weighted by Gasteiger charge is -2.39. The van der Waals surface area contributed by atoms with E-state index in [0.29, 0.717) is 18.2 Å². The van der Waals surface area contributed by atoms with Gasteiger partial charge in [0.15, 0.2) is 5.78 Å². The molecule has 2 unspecified atom stereocenters. The fourth-order valence-electron chi connectivity index (χ4n) is 2.34. The molecule has 2 rings (SSSR count). The molecule has 1 aromatic heterocycles. The van der Waals surface area contributed by atoms with Crippen molar-refractivity contribution in [2.45, 2.75) is 39.3 Å². The maximum absolute atomic E-state index is 11.7. The highest BCUT2D eigenvalue weighted by Gasteiger charge is 2.28. The van der Waals surface area contributed by atoms with Crippen LogP contribution < -0.4 is 4.90 Å². The Morgan fingerprint density at radius 3 is 3.06 bits per heavy atom. The Balaban J connectivity index is 2.36. The molecule has 0 radical (unpaired) electrons. The van der Waals surface area contributed by atoms with Gasteiger partial charge in [-0.2, -0.15) is 0 Å². The van der Waals surface area contributed by atoms with E-state index in [1.807, 2.05) is 12.1 Å². The molecule has 1 fully saturated rings. The lowest BCUT2D eigenvalue weighted by molar-refractivity contribution is 0.0295. The first kappa shape index (κ1) is 13.0. The van der Waals surface area contributed by atoms with E-state index in [1.165, 1.54) is 0 Å². The molecule has 0 N–H and O–H groups in total. The first-order valence-corrected chi connectivity index (χ1v) is 6.47. The summed E-state index contributed by atoms with van der Waals surface area (Å²) in [7, 11) is 0. The average molecular weight is 248 g/mol. The summed E-state index contributed by atoms with van der Waals surface area (Å²) in [4.78, 5) is 18.3. The van der Waals surface area contributed by atoms with Crippen molar-refractivity contribution in [3.8, 4) is 0 Å². The number of carbonyl (C=O) groups is 1. The number of nitrogens with zero attached hydrogens (tertiary/aromatic N) is 2. The molecule has 18 heavy (non-hydrogen) atoms. The molecule has 1 aliphatic rings. The standard InChI is InChI=1S/C14H20N2O2/c1-4-12-9-18-10(2)8-16(12)14-13(11(3)17)6-5-7-15-14/h5-7,10,12H,4,8-9H2,1-3H3. The van der Waals surface area contributed by atoms with Crippen LogP contribution in [0.25, 0.3) is 0 Å². The molecule has 98 valence electrons. The average Bonchev–Trinajstić information content (AvgIpc) is 2.38. The lowest BCUT2D eigenvalue weighted by Crippen LogP contribution is -2.49. The number of anilines is 1. The van der Waals surface area contributed by atoms with Gasteiger partial charge in [-0.1, -0.05) is 6.92 Å². The molecule has 2 atom stereocenters. The Hall–Kier alpha value is -1.42. The highest BCUT2D eigenvalue weighted by Crippen LogP contribution is 2.25. The van der Waals surface area contributed by atoms with Crippen LogP contribution in [0, 0.1) is 0 Å². The second-order valence-corrected chi connectivity index (χ2v) is 4.79. The first-order valence-electron chi connectivity index (χ1n) is 6.47. The summed E-state index contributed by atoms with van der Waals surface area (Å²) >= 11 is 0. The zero-order valence-electron chi connectivity index (χ0n) is 11.2. The summed E-state index contributed by atoms with van der Waals surface area (Å²) in [5, 5.41) is 0. The molecular formula is C14H20N2O2. The fourth-order valence-corrected chi connectivity index (χ4v) is 2.34. The van der Waals surface area contributed by atoms with Crippen LogP contribution in [0.3, 0.4) is 0 Å². The number of morpholine rings is 1. The zero-order chi connectivity index (χ0) is 13.1. The van der Waals surface area contributed by atoms with Crippen LogP contribution in [0.15, 0.2) is 18.3 Å². The third-order valence-electron chi connectivity index (χ3n) is 3.38. The van der Waals surface area contributed by atoms with E-state index in [0.717, 1.165) is 18.8 Å². The summed E-state index contributed by atoms with van der Waals surface area (Å²) in [5.41, 5.74) is 0.699. The Bertz CT molecular complexity index is 434. The Kier molecular flexibility index (Phi) is 3.97. The largest absolute Gasteiger partial charge is 0.375 e. The van der Waals surface area contributed by atoms with E-state index in [2.05, 4.69) is 23.7 Å². The maximum atomic E-state index is 11.7. The van der Waals surface area contributed by atoms with Gasteiger partial charge in [0.05, 0.1) is 24.3 Å². The highest BCUT2D eigenvalue weighted by molar-refractivity contribution is 5.98. The summed E-state index contributed by atoms with van der Waals surface area (Å²) < 4.78 is 5.68. The second-order valence-electron chi connectivity index (χ2n) is 4.79. The summed E-state index contributed by atoms with van der Waals surface area (Å²) in [6.45, 7) is 7.26. The molecule has 0 aliphatic carbocycles. The minimum absolute atomic E-state index is 0.0621. The highest BCUT2D eigenvalue weighted by atomic mass is 16.5. The molecule has 0 saturated carbocycles. The molecule has 0 bridgehead atoms. The fraction of sp³-hybridized carbons (Fsp3) is 0.571. The Morgan fingerprint density at radius 2 is 2.39 bits per heavy atom. The molecular weight excluding hydrogens is 228 g/mol. The SMILES string of the molecule is CCC1COC(C)CN1c1ncccc1C(C)=O. The van der Waals surface area contributed by atoms with E-state index in [-0.39, 0.29) is 11.9 Å². The normalized spacial score (nSPS) is 24.1. The van der Waals surface area contributed by atoms with Crippen LogP contribution in [0.1, 0.15) is 37.6 Å². The van der Waals surface area contributed by atoms with Gasteiger partial charge in [0.25, 0.3) is 0 Å². The van der Waals surface area contributed by atoms with Crippen molar-refractivity contribution in [3.05, 3.63) is 23.9 Å². The van der Waals surface area contributed by atoms with Crippen molar-refractivity contribution >= 4 is 11.6 Å². The van der Waals surface area contributed by atoms with Crippen molar-refractivity contribution in [1.29, 1.82) is 0 Å². The zero-order valence-corrected chi connectivity index (χ0v) is 11.2. The van der Waals surface area contributed by atoms with E-state index in [1.54, 1.807) is 13.1 Å². The van der Waals surface area contributed by atoms with Crippen molar-refractivity contribution in [3.63, 3.8) is 0 Å². The van der Waals surface area contributed by atoms with Crippen LogP contribution in [-0.2, 0) is 4.74 Å². The van der Waals surface area contributed by atoms with E-state index in [9.17, 15) is 4.79 Å². The number of ketones is 1. The number of carbonyl (C=O) groups excluding carboxylic acids is 1. The number of ether oxygens (including phenoxy) is 1. The predicted molar refractivity (Wildman–Crippen MR) is 71.1 cm³/mol. The van der Waals surface area contributed by atoms with Gasteiger partial charge in [0, 0.05) is 12.7 Å². The van der Waals surface area contributed by atoms with Crippen LogP contribution in [0.2, 0.25) is 0 Å². The van der Waals surface area contributed by atoms with Gasteiger partial charge in [-0.25, -0.2) is 4.98 Å². The monoisotopic (exact) mass is 248 g/mol. The minimum atomic E-state index is 0.0621. The smallest absolute Gasteiger partial charge is 0.163 e. The van der Waals surface area contributed by atoms with Crippen molar-refractivity contribution < 1.29 is 9.53 Å². The van der Waals surface area contributed by atoms with Crippen LogP contribution in [-0.4, -0.2) is 36.1 Å². The van der Waals surface area contributed by atoms with Crippen LogP contribution in [0.4, 0.5) is 5.82 Å². The van der Waals surface area contributed by atoms with E-state index < -0.39 is 0 Å². The van der Waals surface area contributed by atoms with Gasteiger partial charge in [-0.3, -0.25) is 4.79 Å². The molecule has 0 spiro atoms. The minimum Gasteiger partial charge on any atom is -0.375 e. The topological polar surface area (TPSA) is 42.4 Å². The van der Waals surface area contributed by atoms with Gasteiger partial charge < -0.3 is 9.64 Å². The van der Waals surface area contributed by atoms with Crippen molar-refractivity contribution in [2.24, 2.45) is 0 Å². The molecule has 4 nitrogen and oxygen atoms in total. The molecule has 2 heterocycles. The summed E-state index contributed by atoms with van der Waals surface area (Å²) in [6, 6.07) is 3.96. The number of Topliss-reactive ketones (excluding diaryl/α,β-unsaturated/α-hetero) is 1. The molecule has 0 amide bonds. The van der Waals surface area contributed by atoms with Gasteiger partial charge in [0.2, 0.25) is 0 Å². The van der Waals surface area contributed by atoms with Crippen LogP contribution >= 0.6 is 0 Å². The van der Waals surface area contributed by atoms with Crippen LogP contribution in [0.5, 0.6) is 0 Å². The van der Waals surface area contributed by atoms with Gasteiger partial charge in [-0.05, 0) is 32.4 Å². The lowest BCUT2D eigenvalue weighted by atomic mass is 10.1. The molecule has 1 saturated heterocycles. The first-order chi connectivity index (χ1) is 8.63. The predicted octanol–water partition coefficient (Wildman–Crippen LogP) is 2.29. The second kappa shape index (κ2) is 5.48. The quantitative estimate of drug-likeness (QED) is 0.770. The Morgan fingerprint density at radius 1 is 1.61 bits per heavy atom. The Labute approximate surface area is 108 Å². The van der Waals surface area contributed by atoms with Gasteiger partial charge in [0.1, 0.15) is 5.82 Å².